The lowest BCUT2D eigenvalue weighted by atomic mass is 9.95. The van der Waals surface area contributed by atoms with E-state index in [1.54, 1.807) is 48.5 Å². The summed E-state index contributed by atoms with van der Waals surface area (Å²) in [4.78, 5) is 118. The minimum absolute atomic E-state index is 0.0978. The molecule has 0 aromatic carbocycles. The van der Waals surface area contributed by atoms with E-state index >= 15 is 0 Å². The third-order valence-corrected chi connectivity index (χ3v) is 10.5. The quantitative estimate of drug-likeness (QED) is 0.0470. The predicted octanol–water partition coefficient (Wildman–Crippen LogP) is -0.583. The molecule has 0 heterocycles. The van der Waals surface area contributed by atoms with Crippen molar-refractivity contribution in [3.63, 3.8) is 0 Å². The van der Waals surface area contributed by atoms with Crippen LogP contribution in [0.4, 0.5) is 0 Å². The lowest BCUT2D eigenvalue weighted by Crippen LogP contribution is -2.63. The zero-order valence-corrected chi connectivity index (χ0v) is 39.0. The first-order valence-electron chi connectivity index (χ1n) is 21.7. The third-order valence-electron chi connectivity index (χ3n) is 10.5. The van der Waals surface area contributed by atoms with Crippen LogP contribution in [0, 0.1) is 35.5 Å². The molecule has 10 atom stereocenters. The molecule has 0 aliphatic heterocycles. The second-order valence-corrected chi connectivity index (χ2v) is 17.7. The minimum Gasteiger partial charge on any atom is -0.480 e. The van der Waals surface area contributed by atoms with E-state index in [0.717, 1.165) is 0 Å². The summed E-state index contributed by atoms with van der Waals surface area (Å²) in [6, 6.07) is -8.54. The summed E-state index contributed by atoms with van der Waals surface area (Å²) in [6.45, 7) is 21.3. The van der Waals surface area contributed by atoms with Crippen LogP contribution in [0.5, 0.6) is 0 Å². The van der Waals surface area contributed by atoms with Crippen LogP contribution in [0.15, 0.2) is 0 Å². The molecule has 356 valence electrons. The fourth-order valence-corrected chi connectivity index (χ4v) is 6.27. The van der Waals surface area contributed by atoms with E-state index in [9.17, 15) is 53.4 Å². The zero-order chi connectivity index (χ0) is 48.2. The first-order chi connectivity index (χ1) is 28.7. The highest BCUT2D eigenvalue weighted by Crippen LogP contribution is 2.14. The summed E-state index contributed by atoms with van der Waals surface area (Å²) in [5.41, 5.74) is 5.45. The van der Waals surface area contributed by atoms with Gasteiger partial charge >= 0.3 is 5.97 Å². The van der Waals surface area contributed by atoms with Crippen molar-refractivity contribution >= 4 is 53.2 Å². The molecule has 0 saturated heterocycles. The largest absolute Gasteiger partial charge is 0.480 e. The number of nitrogens with one attached hydrogen (secondary N) is 8. The molecular weight excluding hydrogens is 807 g/mol. The van der Waals surface area contributed by atoms with Gasteiger partial charge in [0.05, 0.1) is 19.2 Å². The fourth-order valence-electron chi connectivity index (χ4n) is 6.27. The number of carboxylic acids is 1. The molecule has 0 unspecified atom stereocenters. The highest BCUT2D eigenvalue weighted by molar-refractivity contribution is 5.98. The van der Waals surface area contributed by atoms with Crippen LogP contribution in [0.3, 0.4) is 0 Å². The second kappa shape index (κ2) is 28.0. The van der Waals surface area contributed by atoms with Gasteiger partial charge in [0.2, 0.25) is 47.3 Å². The van der Waals surface area contributed by atoms with Gasteiger partial charge in [-0.15, -0.1) is 0 Å². The maximum absolute atomic E-state index is 13.9. The lowest BCUT2D eigenvalue weighted by molar-refractivity contribution is -0.143. The van der Waals surface area contributed by atoms with Crippen molar-refractivity contribution in [2.45, 2.75) is 164 Å². The molecule has 0 radical (unpaired) electrons. The Balaban J connectivity index is 6.25. The average molecular weight is 884 g/mol. The molecule has 0 aromatic heterocycles. The van der Waals surface area contributed by atoms with Crippen LogP contribution in [-0.2, 0) is 43.2 Å². The topological polar surface area (TPSA) is 316 Å². The molecular formula is C42H77N9O11. The van der Waals surface area contributed by atoms with E-state index in [1.165, 1.54) is 6.92 Å². The first kappa shape index (κ1) is 57.1. The van der Waals surface area contributed by atoms with E-state index in [-0.39, 0.29) is 37.1 Å². The number of carboxylic acid groups (broad SMARTS) is 1. The van der Waals surface area contributed by atoms with Crippen LogP contribution < -0.4 is 48.3 Å². The van der Waals surface area contributed by atoms with Gasteiger partial charge in [0.25, 0.3) is 0 Å². The number of hydrogen-bond acceptors (Lipinski definition) is 11. The average Bonchev–Trinajstić information content (AvgIpc) is 3.18. The van der Waals surface area contributed by atoms with Gasteiger partial charge in [0.15, 0.2) is 0 Å². The Morgan fingerprint density at radius 2 is 0.839 bits per heavy atom. The van der Waals surface area contributed by atoms with Gasteiger partial charge in [-0.3, -0.25) is 38.4 Å². The van der Waals surface area contributed by atoms with Crippen LogP contribution in [-0.4, -0.2) is 125 Å². The number of aliphatic hydroxyl groups is 1. The summed E-state index contributed by atoms with van der Waals surface area (Å²) in [7, 11) is 0. The molecule has 0 aliphatic carbocycles. The Kier molecular flexibility index (Phi) is 25.8. The van der Waals surface area contributed by atoms with Gasteiger partial charge in [0, 0.05) is 0 Å². The number of amides is 8. The molecule has 0 fully saturated rings. The van der Waals surface area contributed by atoms with Gasteiger partial charge in [-0.2, -0.15) is 0 Å². The van der Waals surface area contributed by atoms with Crippen molar-refractivity contribution in [1.29, 1.82) is 0 Å². The van der Waals surface area contributed by atoms with Crippen LogP contribution in [0.2, 0.25) is 0 Å². The van der Waals surface area contributed by atoms with Gasteiger partial charge < -0.3 is 58.5 Å². The number of rotatable bonds is 28. The van der Waals surface area contributed by atoms with E-state index in [1.807, 2.05) is 34.6 Å². The SMILES string of the molecule is CC[C@H](C)[C@H](NC(=O)CN)C(=O)N[C@@H](CC(C)C)C(=O)N[C@H](C(=O)N[C@H](C(=O)N[C@H](C(=O)N[C@@H](CC(C)C)C(=O)NCC(=O)N[C@H](C(=O)O)C(C)C)[C@@H](C)CC)C(C)C)[C@@H](C)O. The molecule has 0 saturated carbocycles. The minimum atomic E-state index is -1.59. The number of carbonyl (C=O) groups is 9. The van der Waals surface area contributed by atoms with Gasteiger partial charge in [-0.25, -0.2) is 4.79 Å². The highest BCUT2D eigenvalue weighted by atomic mass is 16.4. The molecule has 0 rings (SSSR count). The predicted molar refractivity (Wildman–Crippen MR) is 232 cm³/mol. The molecule has 20 heteroatoms. The molecule has 0 bridgehead atoms. The van der Waals surface area contributed by atoms with Gasteiger partial charge in [-0.05, 0) is 55.3 Å². The highest BCUT2D eigenvalue weighted by Gasteiger charge is 2.37. The van der Waals surface area contributed by atoms with E-state index < -0.39 is 126 Å². The van der Waals surface area contributed by atoms with Crippen molar-refractivity contribution in [2.24, 2.45) is 41.2 Å². The number of carbonyl (C=O) groups excluding carboxylic acids is 8. The summed E-state index contributed by atoms with van der Waals surface area (Å²) in [5.74, 6) is -9.01. The van der Waals surface area contributed by atoms with Crippen LogP contribution in [0.25, 0.3) is 0 Å². The molecule has 0 spiro atoms. The van der Waals surface area contributed by atoms with Crippen molar-refractivity contribution in [2.75, 3.05) is 13.1 Å². The summed E-state index contributed by atoms with van der Waals surface area (Å²) in [5, 5.41) is 40.6. The number of hydrogen-bond donors (Lipinski definition) is 11. The van der Waals surface area contributed by atoms with Gasteiger partial charge in [-0.1, -0.05) is 95.9 Å². The molecule has 62 heavy (non-hydrogen) atoms. The van der Waals surface area contributed by atoms with Crippen molar-refractivity contribution in [3.8, 4) is 0 Å². The molecule has 12 N–H and O–H groups in total. The van der Waals surface area contributed by atoms with E-state index in [2.05, 4.69) is 42.5 Å². The van der Waals surface area contributed by atoms with E-state index in [0.29, 0.717) is 12.8 Å². The Morgan fingerprint density at radius 1 is 0.468 bits per heavy atom. The maximum atomic E-state index is 13.9. The smallest absolute Gasteiger partial charge is 0.326 e. The Hall–Kier alpha value is -4.85. The monoisotopic (exact) mass is 884 g/mol. The second-order valence-electron chi connectivity index (χ2n) is 17.7. The number of nitrogens with two attached hydrogens (primary N) is 1. The zero-order valence-electron chi connectivity index (χ0n) is 39.0. The Morgan fingerprint density at radius 3 is 1.23 bits per heavy atom. The molecule has 0 aliphatic rings. The normalized spacial score (nSPS) is 16.3. The maximum Gasteiger partial charge on any atom is 0.326 e. The van der Waals surface area contributed by atoms with Gasteiger partial charge in [0.1, 0.15) is 42.3 Å². The van der Waals surface area contributed by atoms with Crippen molar-refractivity contribution in [3.05, 3.63) is 0 Å². The standard InChI is InChI=1S/C42H77N9O11/c1-14-24(11)33(47-29(53)18-43)39(58)46-28(17-21(5)6)37(56)51-35(26(13)52)41(60)49-31(22(7)8)38(57)50-34(25(12)15-2)40(59)45-27(16-20(3)4)36(55)44-19-30(54)48-32(23(9)10)42(61)62/h20-28,31-35,52H,14-19,43H2,1-13H3,(H,44,55)(H,45,59)(H,46,58)(H,47,53)(H,48,54)(H,49,60)(H,50,57)(H,51,56)(H,61,62)/t24-,25-,26+,27-,28-,31-,32-,33-,34-,35-/m0/s1. The van der Waals surface area contributed by atoms with Crippen LogP contribution in [0.1, 0.15) is 116 Å². The molecule has 8 amide bonds. The lowest BCUT2D eigenvalue weighted by Gasteiger charge is -2.31. The van der Waals surface area contributed by atoms with E-state index in [4.69, 9.17) is 5.73 Å². The number of aliphatic carboxylic acids is 1. The first-order valence-corrected chi connectivity index (χ1v) is 21.7. The van der Waals surface area contributed by atoms with Crippen LogP contribution >= 0.6 is 0 Å². The van der Waals surface area contributed by atoms with Crippen molar-refractivity contribution < 1.29 is 53.4 Å². The Labute approximate surface area is 366 Å². The summed E-state index contributed by atoms with van der Waals surface area (Å²) >= 11 is 0. The summed E-state index contributed by atoms with van der Waals surface area (Å²) in [6.07, 6.45) is -0.228. The molecule has 20 nitrogen and oxygen atoms in total. The number of aliphatic hydroxyl groups excluding tert-OH is 1. The fraction of sp³-hybridized carbons (Fsp3) is 0.786. The Bertz CT molecular complexity index is 1520. The third kappa shape index (κ3) is 19.9. The molecule has 0 aromatic rings. The van der Waals surface area contributed by atoms with Crippen molar-refractivity contribution in [1.82, 2.24) is 42.5 Å². The summed E-state index contributed by atoms with van der Waals surface area (Å²) < 4.78 is 0.